The van der Waals surface area contributed by atoms with Crippen molar-refractivity contribution >= 4 is 23.2 Å². The van der Waals surface area contributed by atoms with Gasteiger partial charge in [-0.3, -0.25) is 9.59 Å². The second-order valence-corrected chi connectivity index (χ2v) is 8.15. The summed E-state index contributed by atoms with van der Waals surface area (Å²) in [5.41, 5.74) is 1.78. The molecule has 2 aromatic rings. The molecule has 0 bridgehead atoms. The van der Waals surface area contributed by atoms with Crippen LogP contribution < -0.4 is 14.8 Å². The number of likely N-dealkylation sites (tertiary alicyclic amines) is 1. The number of ether oxygens (including phenoxy) is 2. The van der Waals surface area contributed by atoms with E-state index in [1.165, 1.54) is 11.3 Å². The lowest BCUT2D eigenvalue weighted by Gasteiger charge is -2.26. The molecule has 3 heterocycles. The van der Waals surface area contributed by atoms with Crippen molar-refractivity contribution in [3.63, 3.8) is 0 Å². The number of amides is 2. The Bertz CT molecular complexity index is 853. The highest BCUT2D eigenvalue weighted by Gasteiger charge is 2.30. The zero-order chi connectivity index (χ0) is 20.1. The third-order valence-corrected chi connectivity index (χ3v) is 6.05. The van der Waals surface area contributed by atoms with Gasteiger partial charge in [0.05, 0.1) is 19.3 Å². The van der Waals surface area contributed by atoms with E-state index in [1.807, 2.05) is 33.9 Å². The Morgan fingerprint density at radius 3 is 2.83 bits per heavy atom. The van der Waals surface area contributed by atoms with Gasteiger partial charge in [0, 0.05) is 36.9 Å². The summed E-state index contributed by atoms with van der Waals surface area (Å²) in [5.74, 6) is 1.62. The van der Waals surface area contributed by atoms with Crippen LogP contribution in [-0.2, 0) is 4.79 Å². The molecule has 4 rings (SSSR count). The Morgan fingerprint density at radius 1 is 1.14 bits per heavy atom. The van der Waals surface area contributed by atoms with Crippen molar-refractivity contribution in [1.82, 2.24) is 10.2 Å². The first-order valence-corrected chi connectivity index (χ1v) is 11.2. The van der Waals surface area contributed by atoms with E-state index >= 15 is 0 Å². The van der Waals surface area contributed by atoms with Gasteiger partial charge in [0.1, 0.15) is 0 Å². The number of rotatable bonds is 6. The zero-order valence-electron chi connectivity index (χ0n) is 16.4. The standard InChI is InChI=1S/C22H26N2O4S/c25-21(5-1-9-23-22(26)17-8-13-29-15-17)24-10-2-4-18(24)16-6-7-19-20(14-16)28-12-3-11-27-19/h6-8,13-15,18H,1-5,9-12H2,(H,23,26). The topological polar surface area (TPSA) is 67.9 Å². The van der Waals surface area contributed by atoms with Gasteiger partial charge in [0.15, 0.2) is 11.5 Å². The van der Waals surface area contributed by atoms with Gasteiger partial charge in [-0.1, -0.05) is 6.07 Å². The second-order valence-electron chi connectivity index (χ2n) is 7.37. The first-order chi connectivity index (χ1) is 14.2. The normalized spacial score (nSPS) is 18.3. The van der Waals surface area contributed by atoms with Crippen LogP contribution in [0.15, 0.2) is 35.0 Å². The number of hydrogen-bond acceptors (Lipinski definition) is 5. The highest BCUT2D eigenvalue weighted by Crippen LogP contribution is 2.38. The molecular formula is C22H26N2O4S. The van der Waals surface area contributed by atoms with Crippen molar-refractivity contribution in [2.75, 3.05) is 26.3 Å². The molecule has 0 aliphatic carbocycles. The van der Waals surface area contributed by atoms with Crippen LogP contribution >= 0.6 is 11.3 Å². The lowest BCUT2D eigenvalue weighted by molar-refractivity contribution is -0.132. The van der Waals surface area contributed by atoms with Gasteiger partial charge >= 0.3 is 0 Å². The van der Waals surface area contributed by atoms with Gasteiger partial charge in [-0.25, -0.2) is 0 Å². The van der Waals surface area contributed by atoms with Crippen LogP contribution in [0.1, 0.15) is 54.1 Å². The number of hydrogen-bond donors (Lipinski definition) is 1. The molecule has 2 aliphatic rings. The Labute approximate surface area is 174 Å². The van der Waals surface area contributed by atoms with Crippen molar-refractivity contribution < 1.29 is 19.1 Å². The van der Waals surface area contributed by atoms with E-state index in [4.69, 9.17) is 9.47 Å². The van der Waals surface area contributed by atoms with E-state index < -0.39 is 0 Å². The molecule has 1 atom stereocenters. The van der Waals surface area contributed by atoms with E-state index in [0.29, 0.717) is 38.2 Å². The van der Waals surface area contributed by atoms with Crippen molar-refractivity contribution in [1.29, 1.82) is 0 Å². The molecule has 1 fully saturated rings. The van der Waals surface area contributed by atoms with Gasteiger partial charge in [-0.15, -0.1) is 0 Å². The fourth-order valence-electron chi connectivity index (χ4n) is 3.88. The Kier molecular flexibility index (Phi) is 6.34. The van der Waals surface area contributed by atoms with Gasteiger partial charge in [0.25, 0.3) is 5.91 Å². The number of thiophene rings is 1. The van der Waals surface area contributed by atoms with Crippen molar-refractivity contribution in [2.24, 2.45) is 0 Å². The summed E-state index contributed by atoms with van der Waals surface area (Å²) in [6.45, 7) is 2.60. The maximum atomic E-state index is 12.8. The lowest BCUT2D eigenvalue weighted by Crippen LogP contribution is -2.31. The number of nitrogens with zero attached hydrogens (tertiary/aromatic N) is 1. The van der Waals surface area contributed by atoms with Crippen LogP contribution in [0.3, 0.4) is 0 Å². The van der Waals surface area contributed by atoms with Gasteiger partial charge in [-0.2, -0.15) is 11.3 Å². The first-order valence-electron chi connectivity index (χ1n) is 10.2. The van der Waals surface area contributed by atoms with E-state index in [9.17, 15) is 9.59 Å². The summed E-state index contributed by atoms with van der Waals surface area (Å²) >= 11 is 1.50. The van der Waals surface area contributed by atoms with Gasteiger partial charge < -0.3 is 19.7 Å². The summed E-state index contributed by atoms with van der Waals surface area (Å²) in [4.78, 5) is 26.7. The van der Waals surface area contributed by atoms with Crippen LogP contribution in [-0.4, -0.2) is 43.0 Å². The fraction of sp³-hybridized carbons (Fsp3) is 0.455. The maximum absolute atomic E-state index is 12.8. The molecule has 0 radical (unpaired) electrons. The average Bonchev–Trinajstić information content (AvgIpc) is 3.39. The van der Waals surface area contributed by atoms with Crippen LogP contribution in [0.25, 0.3) is 0 Å². The lowest BCUT2D eigenvalue weighted by atomic mass is 10.0. The molecular weight excluding hydrogens is 388 g/mol. The average molecular weight is 415 g/mol. The summed E-state index contributed by atoms with van der Waals surface area (Å²) in [7, 11) is 0. The summed E-state index contributed by atoms with van der Waals surface area (Å²) in [5, 5.41) is 6.59. The molecule has 1 N–H and O–H groups in total. The van der Waals surface area contributed by atoms with Crippen LogP contribution in [0.2, 0.25) is 0 Å². The summed E-state index contributed by atoms with van der Waals surface area (Å²) in [6, 6.07) is 7.91. The number of carbonyl (C=O) groups excluding carboxylic acids is 2. The highest BCUT2D eigenvalue weighted by molar-refractivity contribution is 7.08. The highest BCUT2D eigenvalue weighted by atomic mass is 32.1. The van der Waals surface area contributed by atoms with E-state index in [0.717, 1.165) is 42.9 Å². The van der Waals surface area contributed by atoms with Crippen molar-refractivity contribution in [2.45, 2.75) is 38.1 Å². The molecule has 154 valence electrons. The third kappa shape index (κ3) is 4.72. The summed E-state index contributed by atoms with van der Waals surface area (Å²) < 4.78 is 11.5. The fourth-order valence-corrected chi connectivity index (χ4v) is 4.52. The van der Waals surface area contributed by atoms with Crippen LogP contribution in [0.5, 0.6) is 11.5 Å². The Hall–Kier alpha value is -2.54. The minimum Gasteiger partial charge on any atom is -0.490 e. The predicted octanol–water partition coefficient (Wildman–Crippen LogP) is 3.78. The monoisotopic (exact) mass is 414 g/mol. The number of fused-ring (bicyclic) bond motifs is 1. The van der Waals surface area contributed by atoms with Crippen LogP contribution in [0, 0.1) is 0 Å². The molecule has 6 nitrogen and oxygen atoms in total. The second kappa shape index (κ2) is 9.31. The van der Waals surface area contributed by atoms with E-state index in [1.54, 1.807) is 6.07 Å². The Balaban J connectivity index is 1.31. The van der Waals surface area contributed by atoms with Gasteiger partial charge in [-0.05, 0) is 48.4 Å². The minimum absolute atomic E-state index is 0.0788. The predicted molar refractivity (Wildman–Crippen MR) is 112 cm³/mol. The van der Waals surface area contributed by atoms with Crippen molar-refractivity contribution in [3.8, 4) is 11.5 Å². The number of nitrogens with one attached hydrogen (secondary N) is 1. The van der Waals surface area contributed by atoms with E-state index in [2.05, 4.69) is 5.32 Å². The molecule has 1 aromatic carbocycles. The minimum atomic E-state index is -0.0788. The number of carbonyl (C=O) groups is 2. The molecule has 2 aliphatic heterocycles. The maximum Gasteiger partial charge on any atom is 0.252 e. The molecule has 0 saturated carbocycles. The first kappa shape index (κ1) is 19.8. The SMILES string of the molecule is O=C(NCCCC(=O)N1CCCC1c1ccc2c(c1)OCCCO2)c1ccsc1. The molecule has 1 saturated heterocycles. The largest absolute Gasteiger partial charge is 0.490 e. The quantitative estimate of drug-likeness (QED) is 0.731. The number of benzene rings is 1. The molecule has 1 aromatic heterocycles. The molecule has 29 heavy (non-hydrogen) atoms. The molecule has 7 heteroatoms. The smallest absolute Gasteiger partial charge is 0.252 e. The summed E-state index contributed by atoms with van der Waals surface area (Å²) in [6.07, 6.45) is 3.91. The molecule has 2 amide bonds. The van der Waals surface area contributed by atoms with Crippen molar-refractivity contribution in [3.05, 3.63) is 46.2 Å². The van der Waals surface area contributed by atoms with Crippen LogP contribution in [0.4, 0.5) is 0 Å². The Morgan fingerprint density at radius 2 is 2.00 bits per heavy atom. The molecule has 0 spiro atoms. The molecule has 1 unspecified atom stereocenters. The zero-order valence-corrected chi connectivity index (χ0v) is 17.2. The third-order valence-electron chi connectivity index (χ3n) is 5.37. The van der Waals surface area contributed by atoms with E-state index in [-0.39, 0.29) is 17.9 Å². The van der Waals surface area contributed by atoms with Gasteiger partial charge in [0.2, 0.25) is 5.91 Å².